The number of amides is 2. The third-order valence-electron chi connectivity index (χ3n) is 5.05. The Morgan fingerprint density at radius 1 is 1.04 bits per heavy atom. The van der Waals surface area contributed by atoms with E-state index in [4.69, 9.17) is 0 Å². The lowest BCUT2D eigenvalue weighted by Crippen LogP contribution is -2.36. The SMILES string of the molecule is CC1Cc2ccccc2N1C(=O)c1cncc(C(=O)N2CCCC2)c1. The van der Waals surface area contributed by atoms with Gasteiger partial charge in [-0.25, -0.2) is 0 Å². The molecule has 1 unspecified atom stereocenters. The van der Waals surface area contributed by atoms with Gasteiger partial charge in [-0.3, -0.25) is 14.6 Å². The van der Waals surface area contributed by atoms with Crippen molar-refractivity contribution in [2.75, 3.05) is 18.0 Å². The van der Waals surface area contributed by atoms with E-state index in [1.165, 1.54) is 5.56 Å². The minimum atomic E-state index is -0.0963. The van der Waals surface area contributed by atoms with Gasteiger partial charge >= 0.3 is 0 Å². The average molecular weight is 335 g/mol. The maximum absolute atomic E-state index is 13.1. The second kappa shape index (κ2) is 6.31. The maximum Gasteiger partial charge on any atom is 0.260 e. The van der Waals surface area contributed by atoms with Gasteiger partial charge in [-0.2, -0.15) is 0 Å². The van der Waals surface area contributed by atoms with Gasteiger partial charge in [0.05, 0.1) is 11.1 Å². The van der Waals surface area contributed by atoms with Gasteiger partial charge in [0.25, 0.3) is 11.8 Å². The Bertz CT molecular complexity index is 827. The van der Waals surface area contributed by atoms with E-state index in [-0.39, 0.29) is 17.9 Å². The molecule has 5 nitrogen and oxygen atoms in total. The van der Waals surface area contributed by atoms with Gasteiger partial charge in [0.1, 0.15) is 0 Å². The van der Waals surface area contributed by atoms with Crippen LogP contribution in [0.5, 0.6) is 0 Å². The molecule has 0 saturated carbocycles. The van der Waals surface area contributed by atoms with Gasteiger partial charge < -0.3 is 9.80 Å². The van der Waals surface area contributed by atoms with Crippen molar-refractivity contribution in [2.45, 2.75) is 32.2 Å². The molecule has 3 heterocycles. The van der Waals surface area contributed by atoms with Crippen molar-refractivity contribution in [2.24, 2.45) is 0 Å². The van der Waals surface area contributed by atoms with Crippen molar-refractivity contribution in [1.29, 1.82) is 0 Å². The van der Waals surface area contributed by atoms with Gasteiger partial charge in [0, 0.05) is 37.2 Å². The highest BCUT2D eigenvalue weighted by Crippen LogP contribution is 2.33. The Morgan fingerprint density at radius 3 is 2.48 bits per heavy atom. The molecule has 128 valence electrons. The van der Waals surface area contributed by atoms with Crippen LogP contribution in [0, 0.1) is 0 Å². The van der Waals surface area contributed by atoms with E-state index >= 15 is 0 Å². The maximum atomic E-state index is 13.1. The molecule has 1 aromatic carbocycles. The molecule has 2 aliphatic heterocycles. The molecule has 5 heteroatoms. The van der Waals surface area contributed by atoms with Crippen molar-refractivity contribution < 1.29 is 9.59 Å². The first-order chi connectivity index (χ1) is 12.1. The predicted molar refractivity (Wildman–Crippen MR) is 95.8 cm³/mol. The fraction of sp³-hybridized carbons (Fsp3) is 0.350. The van der Waals surface area contributed by atoms with E-state index in [0.29, 0.717) is 11.1 Å². The van der Waals surface area contributed by atoms with Crippen LogP contribution in [0.15, 0.2) is 42.7 Å². The predicted octanol–water partition coefficient (Wildman–Crippen LogP) is 2.91. The van der Waals surface area contributed by atoms with Crippen LogP contribution in [0.2, 0.25) is 0 Å². The quantitative estimate of drug-likeness (QED) is 0.848. The van der Waals surface area contributed by atoms with E-state index in [1.807, 2.05) is 34.9 Å². The summed E-state index contributed by atoms with van der Waals surface area (Å²) >= 11 is 0. The van der Waals surface area contributed by atoms with Gasteiger partial charge in [0.15, 0.2) is 0 Å². The molecule has 2 aromatic rings. The lowest BCUT2D eigenvalue weighted by molar-refractivity contribution is 0.0792. The molecule has 0 spiro atoms. The minimum Gasteiger partial charge on any atom is -0.339 e. The van der Waals surface area contributed by atoms with Crippen LogP contribution in [0.4, 0.5) is 5.69 Å². The second-order valence-corrected chi connectivity index (χ2v) is 6.82. The third-order valence-corrected chi connectivity index (χ3v) is 5.05. The first kappa shape index (κ1) is 15.8. The molecule has 0 radical (unpaired) electrons. The minimum absolute atomic E-state index is 0.0329. The summed E-state index contributed by atoms with van der Waals surface area (Å²) in [4.78, 5) is 33.4. The summed E-state index contributed by atoms with van der Waals surface area (Å²) in [5.41, 5.74) is 3.10. The number of pyridine rings is 1. The van der Waals surface area contributed by atoms with E-state index in [2.05, 4.69) is 11.1 Å². The van der Waals surface area contributed by atoms with E-state index in [1.54, 1.807) is 18.5 Å². The Labute approximate surface area is 147 Å². The van der Waals surface area contributed by atoms with Crippen LogP contribution >= 0.6 is 0 Å². The number of likely N-dealkylation sites (tertiary alicyclic amines) is 1. The molecular weight excluding hydrogens is 314 g/mol. The number of aromatic nitrogens is 1. The highest BCUT2D eigenvalue weighted by molar-refractivity contribution is 6.08. The largest absolute Gasteiger partial charge is 0.339 e. The Balaban J connectivity index is 1.63. The number of nitrogens with zero attached hydrogens (tertiary/aromatic N) is 3. The van der Waals surface area contributed by atoms with Crippen LogP contribution in [0.3, 0.4) is 0 Å². The van der Waals surface area contributed by atoms with Crippen molar-refractivity contribution in [3.63, 3.8) is 0 Å². The number of benzene rings is 1. The highest BCUT2D eigenvalue weighted by Gasteiger charge is 2.31. The van der Waals surface area contributed by atoms with Crippen LogP contribution in [0.1, 0.15) is 46.0 Å². The summed E-state index contributed by atoms with van der Waals surface area (Å²) < 4.78 is 0. The van der Waals surface area contributed by atoms with Gasteiger partial charge in [-0.1, -0.05) is 18.2 Å². The number of rotatable bonds is 2. The molecule has 1 saturated heterocycles. The summed E-state index contributed by atoms with van der Waals surface area (Å²) in [6, 6.07) is 9.76. The third kappa shape index (κ3) is 2.80. The molecule has 4 rings (SSSR count). The first-order valence-electron chi connectivity index (χ1n) is 8.81. The standard InChI is InChI=1S/C20H21N3O2/c1-14-10-15-6-2-3-7-18(15)23(14)20(25)17-11-16(12-21-13-17)19(24)22-8-4-5-9-22/h2-3,6-7,11-14H,4-5,8-10H2,1H3. The van der Waals surface area contributed by atoms with Crippen LogP contribution in [0.25, 0.3) is 0 Å². The molecule has 0 aliphatic carbocycles. The van der Waals surface area contributed by atoms with Crippen molar-refractivity contribution >= 4 is 17.5 Å². The van der Waals surface area contributed by atoms with Crippen LogP contribution in [-0.2, 0) is 6.42 Å². The summed E-state index contributed by atoms with van der Waals surface area (Å²) in [5.74, 6) is -0.129. The molecule has 0 bridgehead atoms. The normalized spacial score (nSPS) is 19.2. The zero-order valence-electron chi connectivity index (χ0n) is 14.3. The zero-order chi connectivity index (χ0) is 17.4. The Hall–Kier alpha value is -2.69. The Kier molecular flexibility index (Phi) is 3.99. The lowest BCUT2D eigenvalue weighted by Gasteiger charge is -2.23. The van der Waals surface area contributed by atoms with Crippen molar-refractivity contribution in [1.82, 2.24) is 9.88 Å². The fourth-order valence-corrected chi connectivity index (χ4v) is 3.79. The summed E-state index contributed by atoms with van der Waals surface area (Å²) in [5, 5.41) is 0. The first-order valence-corrected chi connectivity index (χ1v) is 8.81. The monoisotopic (exact) mass is 335 g/mol. The van der Waals surface area contributed by atoms with Gasteiger partial charge in [-0.05, 0) is 43.9 Å². The Morgan fingerprint density at radius 2 is 1.72 bits per heavy atom. The number of carbonyl (C=O) groups is 2. The number of hydrogen-bond acceptors (Lipinski definition) is 3. The van der Waals surface area contributed by atoms with E-state index < -0.39 is 0 Å². The molecule has 0 N–H and O–H groups in total. The highest BCUT2D eigenvalue weighted by atomic mass is 16.2. The molecular formula is C20H21N3O2. The number of hydrogen-bond donors (Lipinski definition) is 0. The molecule has 2 amide bonds. The number of anilines is 1. The van der Waals surface area contributed by atoms with Crippen molar-refractivity contribution in [3.8, 4) is 0 Å². The van der Waals surface area contributed by atoms with E-state index in [9.17, 15) is 9.59 Å². The molecule has 1 fully saturated rings. The summed E-state index contributed by atoms with van der Waals surface area (Å²) in [7, 11) is 0. The molecule has 2 aliphatic rings. The number of fused-ring (bicyclic) bond motifs is 1. The van der Waals surface area contributed by atoms with Crippen molar-refractivity contribution in [3.05, 3.63) is 59.4 Å². The second-order valence-electron chi connectivity index (χ2n) is 6.82. The number of para-hydroxylation sites is 1. The lowest BCUT2D eigenvalue weighted by atomic mass is 10.1. The number of carbonyl (C=O) groups excluding carboxylic acids is 2. The average Bonchev–Trinajstić information content (AvgIpc) is 3.27. The molecule has 25 heavy (non-hydrogen) atoms. The summed E-state index contributed by atoms with van der Waals surface area (Å²) in [6.07, 6.45) is 6.04. The fourth-order valence-electron chi connectivity index (χ4n) is 3.79. The van der Waals surface area contributed by atoms with E-state index in [0.717, 1.165) is 38.0 Å². The molecule has 1 aromatic heterocycles. The van der Waals surface area contributed by atoms with Gasteiger partial charge in [0.2, 0.25) is 0 Å². The smallest absolute Gasteiger partial charge is 0.260 e. The molecule has 1 atom stereocenters. The topological polar surface area (TPSA) is 53.5 Å². The summed E-state index contributed by atoms with van der Waals surface area (Å²) in [6.45, 7) is 3.62. The van der Waals surface area contributed by atoms with Crippen LogP contribution < -0.4 is 4.90 Å². The zero-order valence-corrected chi connectivity index (χ0v) is 14.3. The van der Waals surface area contributed by atoms with Crippen LogP contribution in [-0.4, -0.2) is 40.8 Å². The van der Waals surface area contributed by atoms with Gasteiger partial charge in [-0.15, -0.1) is 0 Å².